The predicted octanol–water partition coefficient (Wildman–Crippen LogP) is 8.86. The smallest absolute Gasteiger partial charge is 0.303 e. The number of ether oxygens (including phenoxy) is 1. The summed E-state index contributed by atoms with van der Waals surface area (Å²) in [5.74, 6) is -0.346. The molecule has 6 rings (SSSR count). The Morgan fingerprint density at radius 3 is 2.11 bits per heavy atom. The Balaban J connectivity index is 1.46. The molecule has 17 heteroatoms. The molecule has 0 unspecified atom stereocenters. The average Bonchev–Trinajstić information content (AvgIpc) is 3.54. The van der Waals surface area contributed by atoms with Crippen molar-refractivity contribution in [1.82, 2.24) is 0 Å². The van der Waals surface area contributed by atoms with Crippen molar-refractivity contribution in [2.45, 2.75) is 113 Å². The molecule has 64 heavy (non-hydrogen) atoms. The second kappa shape index (κ2) is 18.9. The summed E-state index contributed by atoms with van der Waals surface area (Å²) in [6, 6.07) is 16.3. The Hall–Kier alpha value is -4.91. The van der Waals surface area contributed by atoms with Crippen LogP contribution in [-0.4, -0.2) is 79.1 Å². The fraction of sp³-hybridized carbons (Fsp3) is 0.404. The zero-order valence-electron chi connectivity index (χ0n) is 36.7. The number of hydrogen-bond acceptors (Lipinski definition) is 9. The highest BCUT2D eigenvalue weighted by Crippen LogP contribution is 2.49. The molecule has 0 saturated carbocycles. The fourth-order valence-electron chi connectivity index (χ4n) is 8.87. The minimum Gasteiger partial charge on any atom is -0.481 e. The van der Waals surface area contributed by atoms with Crippen LogP contribution in [0.1, 0.15) is 102 Å². The van der Waals surface area contributed by atoms with Crippen molar-refractivity contribution in [2.24, 2.45) is 0 Å². The van der Waals surface area contributed by atoms with Crippen LogP contribution in [0.3, 0.4) is 0 Å². The zero-order valence-corrected chi connectivity index (χ0v) is 39.2. The monoisotopic (exact) mass is 937 g/mol. The summed E-state index contributed by atoms with van der Waals surface area (Å²) in [6.45, 7) is 11.3. The highest BCUT2D eigenvalue weighted by molar-refractivity contribution is 7.86. The van der Waals surface area contributed by atoms with Crippen molar-refractivity contribution in [2.75, 3.05) is 23.7 Å². The van der Waals surface area contributed by atoms with Gasteiger partial charge in [-0.2, -0.15) is 29.8 Å². The zero-order chi connectivity index (χ0) is 46.8. The van der Waals surface area contributed by atoms with Gasteiger partial charge in [0, 0.05) is 53.9 Å². The average molecular weight is 938 g/mol. The van der Waals surface area contributed by atoms with Crippen LogP contribution in [0.4, 0.5) is 11.4 Å². The summed E-state index contributed by atoms with van der Waals surface area (Å²) in [4.78, 5) is 12.6. The molecule has 0 spiro atoms. The number of rotatable bonds is 18. The Bertz CT molecular complexity index is 2820. The van der Waals surface area contributed by atoms with Crippen LogP contribution >= 0.6 is 0 Å². The summed E-state index contributed by atoms with van der Waals surface area (Å²) in [5, 5.41) is 9.19. The van der Waals surface area contributed by atoms with Gasteiger partial charge in [0.1, 0.15) is 18.1 Å². The molecular weight excluding hydrogens is 881 g/mol. The molecule has 0 fully saturated rings. The normalized spacial score (nSPS) is 18.7. The van der Waals surface area contributed by atoms with Gasteiger partial charge in [-0.15, -0.1) is 0 Å². The van der Waals surface area contributed by atoms with E-state index >= 15 is 0 Å². The molecule has 0 bridgehead atoms. The first-order valence-electron chi connectivity index (χ1n) is 21.3. The van der Waals surface area contributed by atoms with E-state index in [4.69, 9.17) is 4.74 Å². The van der Waals surface area contributed by atoms with E-state index in [0.29, 0.717) is 61.5 Å². The van der Waals surface area contributed by atoms with Gasteiger partial charge in [-0.3, -0.25) is 18.5 Å². The first kappa shape index (κ1) is 48.5. The lowest BCUT2D eigenvalue weighted by molar-refractivity contribution is -0.438. The van der Waals surface area contributed by atoms with Gasteiger partial charge in [0.05, 0.1) is 21.0 Å². The highest BCUT2D eigenvalue weighted by atomic mass is 32.2. The SMILES string of the molecule is Cc1ccc2c(c1)C(C)(C)C(/C=C/C1=C(Oc3ccc(S(=O)(=O)O)cc3)C(=C/C=C3/N(CCCCS(=O)(=O)O)c4ccc(S(=O)(=O)O)cc4C3(C)C)/CCC1)=[N+]2CCCCCC(=O)O. The lowest BCUT2D eigenvalue weighted by Gasteiger charge is -2.27. The number of aryl methyl sites for hydroxylation is 1. The Morgan fingerprint density at radius 2 is 1.45 bits per heavy atom. The van der Waals surface area contributed by atoms with Crippen LogP contribution in [0.25, 0.3) is 0 Å². The van der Waals surface area contributed by atoms with E-state index in [0.717, 1.165) is 53.1 Å². The Kier molecular flexibility index (Phi) is 14.3. The molecule has 3 aromatic rings. The molecule has 0 saturated heterocycles. The Morgan fingerprint density at radius 1 is 0.766 bits per heavy atom. The number of unbranched alkanes of at least 4 members (excludes halogenated alkanes) is 3. The largest absolute Gasteiger partial charge is 0.481 e. The molecule has 0 atom stereocenters. The van der Waals surface area contributed by atoms with Crippen LogP contribution in [0.2, 0.25) is 0 Å². The minimum atomic E-state index is -4.53. The number of anilines is 1. The van der Waals surface area contributed by atoms with Crippen molar-refractivity contribution >= 4 is 53.4 Å². The molecule has 0 amide bonds. The molecule has 2 aliphatic heterocycles. The standard InChI is InChI=1S/C47H56N2O12S3/c1-32-15-23-40-38(30-32)46(2,3)42(48(40)27-8-6-7-14-44(50)51)25-16-33-12-11-13-34(45(33)61-35-18-20-36(21-19-35)63(55,56)57)17-26-43-47(4,5)39-31-37(64(58,59)60)22-24-41(39)49(43)28-9-10-29-62(52,53)54/h15-26,30-31H,6-14,27-29H2,1-5H3,(H3-,50,51,52,53,54,55,56,57,58,59,60)/p+1. The number of carbonyl (C=O) groups is 1. The summed E-state index contributed by atoms with van der Waals surface area (Å²) in [5.41, 5.74) is 7.09. The molecule has 344 valence electrons. The van der Waals surface area contributed by atoms with E-state index in [1.165, 1.54) is 42.0 Å². The van der Waals surface area contributed by atoms with E-state index in [1.54, 1.807) is 6.07 Å². The third-order valence-electron chi connectivity index (χ3n) is 12.2. The third-order valence-corrected chi connectivity index (χ3v) is 14.7. The second-order valence-electron chi connectivity index (χ2n) is 17.6. The number of benzene rings is 3. The van der Waals surface area contributed by atoms with Gasteiger partial charge < -0.3 is 14.7 Å². The number of aliphatic carboxylic acids is 1. The van der Waals surface area contributed by atoms with E-state index in [2.05, 4.69) is 55.7 Å². The highest BCUT2D eigenvalue weighted by Gasteiger charge is 2.44. The fourth-order valence-corrected chi connectivity index (χ4v) is 10.4. The van der Waals surface area contributed by atoms with Gasteiger partial charge in [0.15, 0.2) is 5.71 Å². The van der Waals surface area contributed by atoms with Crippen molar-refractivity contribution in [1.29, 1.82) is 0 Å². The molecule has 1 aliphatic carbocycles. The van der Waals surface area contributed by atoms with Crippen LogP contribution in [0, 0.1) is 6.92 Å². The molecule has 4 N–H and O–H groups in total. The maximum absolute atomic E-state index is 12.2. The van der Waals surface area contributed by atoms with Crippen LogP contribution in [0.15, 0.2) is 117 Å². The van der Waals surface area contributed by atoms with Gasteiger partial charge in [-0.05, 0) is 143 Å². The maximum Gasteiger partial charge on any atom is 0.303 e. The van der Waals surface area contributed by atoms with E-state index < -0.39 is 47.5 Å². The van der Waals surface area contributed by atoms with Gasteiger partial charge in [0.2, 0.25) is 5.69 Å². The molecule has 0 radical (unpaired) electrons. The summed E-state index contributed by atoms with van der Waals surface area (Å²) in [6.07, 6.45) is 12.9. The number of carboxylic acids is 1. The third kappa shape index (κ3) is 11.1. The van der Waals surface area contributed by atoms with Gasteiger partial charge in [-0.1, -0.05) is 31.6 Å². The van der Waals surface area contributed by atoms with Crippen LogP contribution < -0.4 is 9.64 Å². The predicted molar refractivity (Wildman–Crippen MR) is 245 cm³/mol. The van der Waals surface area contributed by atoms with Crippen molar-refractivity contribution < 1.29 is 58.1 Å². The lowest BCUT2D eigenvalue weighted by Crippen LogP contribution is -2.28. The van der Waals surface area contributed by atoms with E-state index in [-0.39, 0.29) is 28.0 Å². The van der Waals surface area contributed by atoms with Crippen LogP contribution in [-0.2, 0) is 46.0 Å². The van der Waals surface area contributed by atoms with E-state index in [9.17, 15) is 48.8 Å². The van der Waals surface area contributed by atoms with Crippen molar-refractivity contribution in [3.8, 4) is 5.75 Å². The number of allylic oxidation sites excluding steroid dienone is 7. The second-order valence-corrected chi connectivity index (χ2v) is 22.1. The van der Waals surface area contributed by atoms with E-state index in [1.807, 2.05) is 30.9 Å². The first-order chi connectivity index (χ1) is 29.9. The minimum absolute atomic E-state index is 0.119. The molecule has 3 aromatic carbocycles. The maximum atomic E-state index is 12.2. The Labute approximate surface area is 376 Å². The molecular formula is C47H57N2O12S3+. The molecule has 2 heterocycles. The molecule has 0 aromatic heterocycles. The summed E-state index contributed by atoms with van der Waals surface area (Å²) < 4.78 is 109. The topological polar surface area (TPSA) is 216 Å². The van der Waals surface area contributed by atoms with Crippen LogP contribution in [0.5, 0.6) is 5.75 Å². The lowest BCUT2D eigenvalue weighted by atomic mass is 9.80. The van der Waals surface area contributed by atoms with Gasteiger partial charge in [-0.25, -0.2) is 0 Å². The first-order valence-corrected chi connectivity index (χ1v) is 25.8. The van der Waals surface area contributed by atoms with Gasteiger partial charge >= 0.3 is 5.97 Å². The molecule has 3 aliphatic rings. The van der Waals surface area contributed by atoms with Gasteiger partial charge in [0.25, 0.3) is 30.4 Å². The van der Waals surface area contributed by atoms with Crippen molar-refractivity contribution in [3.05, 3.63) is 124 Å². The number of hydrogen-bond donors (Lipinski definition) is 4. The summed E-state index contributed by atoms with van der Waals surface area (Å²) >= 11 is 0. The number of nitrogens with zero attached hydrogens (tertiary/aromatic N) is 2. The summed E-state index contributed by atoms with van der Waals surface area (Å²) in [7, 11) is -13.2. The quantitative estimate of drug-likeness (QED) is 0.0533. The molecule has 14 nitrogen and oxygen atoms in total. The number of carboxylic acid groups (broad SMARTS) is 1. The number of fused-ring (bicyclic) bond motifs is 2. The van der Waals surface area contributed by atoms with Crippen molar-refractivity contribution in [3.63, 3.8) is 0 Å².